The number of aliphatic hydroxyl groups is 1. The van der Waals surface area contributed by atoms with Crippen LogP contribution >= 0.6 is 11.3 Å². The molecule has 11 nitrogen and oxygen atoms in total. The molecule has 0 bridgehead atoms. The van der Waals surface area contributed by atoms with Crippen molar-refractivity contribution in [2.75, 3.05) is 39.3 Å². The Morgan fingerprint density at radius 3 is 2.58 bits per heavy atom. The summed E-state index contributed by atoms with van der Waals surface area (Å²) in [5.41, 5.74) is 6.86. The topological polar surface area (TPSA) is 129 Å². The zero-order valence-electron chi connectivity index (χ0n) is 25.8. The molecule has 0 aliphatic carbocycles. The number of carbonyl (C=O) groups excluding carboxylic acids is 2. The highest BCUT2D eigenvalue weighted by Crippen LogP contribution is 2.32. The molecule has 232 valence electrons. The zero-order chi connectivity index (χ0) is 30.7. The molecule has 3 aromatic rings. The van der Waals surface area contributed by atoms with Gasteiger partial charge in [-0.1, -0.05) is 37.3 Å². The first-order valence-electron chi connectivity index (χ1n) is 15.2. The van der Waals surface area contributed by atoms with Crippen molar-refractivity contribution >= 4 is 23.2 Å². The van der Waals surface area contributed by atoms with E-state index in [0.29, 0.717) is 5.69 Å². The van der Waals surface area contributed by atoms with E-state index in [0.717, 1.165) is 66.4 Å². The molecule has 2 aliphatic rings. The summed E-state index contributed by atoms with van der Waals surface area (Å²) in [4.78, 5) is 37.4. The fraction of sp³-hybridized carbons (Fsp3) is 0.581. The van der Waals surface area contributed by atoms with E-state index < -0.39 is 18.2 Å². The fourth-order valence-electron chi connectivity index (χ4n) is 6.29. The summed E-state index contributed by atoms with van der Waals surface area (Å²) in [5.74, 6) is -0.547. The van der Waals surface area contributed by atoms with Gasteiger partial charge in [-0.25, -0.2) is 9.67 Å². The smallest absolute Gasteiger partial charge is 0.248 e. The van der Waals surface area contributed by atoms with Gasteiger partial charge in [0.2, 0.25) is 11.8 Å². The number of carbonyl (C=O) groups is 2. The number of aliphatic hydroxyl groups excluding tert-OH is 1. The number of thiazole rings is 1. The van der Waals surface area contributed by atoms with Crippen molar-refractivity contribution in [3.05, 3.63) is 52.4 Å². The third-order valence-corrected chi connectivity index (χ3v) is 9.55. The van der Waals surface area contributed by atoms with Gasteiger partial charge in [0.1, 0.15) is 12.1 Å². The third kappa shape index (κ3) is 7.14. The Kier molecular flexibility index (Phi) is 9.90. The molecule has 0 radical (unpaired) electrons. The first-order valence-corrected chi connectivity index (χ1v) is 16.1. The number of piperazine rings is 1. The van der Waals surface area contributed by atoms with Crippen molar-refractivity contribution in [2.24, 2.45) is 5.92 Å². The molecular weight excluding hydrogens is 564 g/mol. The number of nitrogens with one attached hydrogen (secondary N) is 2. The van der Waals surface area contributed by atoms with E-state index in [2.05, 4.69) is 56.0 Å². The molecule has 43 heavy (non-hydrogen) atoms. The van der Waals surface area contributed by atoms with E-state index in [1.165, 1.54) is 4.90 Å². The van der Waals surface area contributed by atoms with Gasteiger partial charge in [-0.3, -0.25) is 9.59 Å². The van der Waals surface area contributed by atoms with Crippen LogP contribution in [-0.4, -0.2) is 98.1 Å². The fourth-order valence-corrected chi connectivity index (χ4v) is 7.09. The zero-order valence-corrected chi connectivity index (χ0v) is 26.6. The minimum absolute atomic E-state index is 0.0785. The van der Waals surface area contributed by atoms with Crippen molar-refractivity contribution in [1.82, 2.24) is 40.4 Å². The van der Waals surface area contributed by atoms with Crippen LogP contribution < -0.4 is 10.6 Å². The monoisotopic (exact) mass is 608 g/mol. The normalized spacial score (nSPS) is 20.9. The molecule has 1 aromatic carbocycles. The Hall–Kier alpha value is -3.19. The maximum atomic E-state index is 14.0. The van der Waals surface area contributed by atoms with Crippen molar-refractivity contribution in [3.8, 4) is 10.4 Å². The number of amides is 2. The van der Waals surface area contributed by atoms with Crippen LogP contribution in [0, 0.1) is 26.7 Å². The lowest BCUT2D eigenvalue weighted by Gasteiger charge is -2.32. The predicted octanol–water partition coefficient (Wildman–Crippen LogP) is 2.64. The van der Waals surface area contributed by atoms with Gasteiger partial charge in [-0.05, 0) is 49.8 Å². The van der Waals surface area contributed by atoms with E-state index in [1.54, 1.807) is 22.2 Å². The first kappa shape index (κ1) is 31.2. The molecule has 4 atom stereocenters. The molecule has 2 aromatic heterocycles. The standard InChI is InChI=1S/C31H44N8O3S/c1-19(2)28(39-16-21(4)35-36-39)31(42)38-17-24(40)15-27(38)30(41)34-26(8-11-37-12-9-32-10-13-37)25-7-6-23(14-20(25)3)29-22(5)33-18-43-29/h6-7,14,16,18-19,24,26-28,32,40H,8-13,15,17H2,1-5H3,(H,34,41)/t24-,26+,27+,28+/m1/s1. The summed E-state index contributed by atoms with van der Waals surface area (Å²) in [7, 11) is 0. The van der Waals surface area contributed by atoms with E-state index in [-0.39, 0.29) is 36.7 Å². The van der Waals surface area contributed by atoms with Crippen LogP contribution in [0.2, 0.25) is 0 Å². The number of hydrogen-bond donors (Lipinski definition) is 3. The average molecular weight is 609 g/mol. The molecule has 2 amide bonds. The van der Waals surface area contributed by atoms with Crippen LogP contribution in [-0.2, 0) is 9.59 Å². The molecule has 0 spiro atoms. The van der Waals surface area contributed by atoms with Crippen molar-refractivity contribution in [2.45, 2.75) is 71.7 Å². The molecule has 0 saturated carbocycles. The minimum Gasteiger partial charge on any atom is -0.391 e. The van der Waals surface area contributed by atoms with Crippen LogP contribution in [0.3, 0.4) is 0 Å². The highest BCUT2D eigenvalue weighted by molar-refractivity contribution is 7.13. The Labute approximate surface area is 257 Å². The first-order chi connectivity index (χ1) is 20.6. The van der Waals surface area contributed by atoms with E-state index in [9.17, 15) is 14.7 Å². The maximum Gasteiger partial charge on any atom is 0.248 e. The lowest BCUT2D eigenvalue weighted by atomic mass is 9.95. The summed E-state index contributed by atoms with van der Waals surface area (Å²) < 4.78 is 1.58. The lowest BCUT2D eigenvalue weighted by Crippen LogP contribution is -2.50. The van der Waals surface area contributed by atoms with E-state index >= 15 is 0 Å². The van der Waals surface area contributed by atoms with Gasteiger partial charge in [0.05, 0.1) is 33.9 Å². The maximum absolute atomic E-state index is 14.0. The lowest BCUT2D eigenvalue weighted by molar-refractivity contribution is -0.142. The van der Waals surface area contributed by atoms with Gasteiger partial charge in [0.15, 0.2) is 0 Å². The van der Waals surface area contributed by atoms with Crippen LogP contribution in [0.25, 0.3) is 10.4 Å². The van der Waals surface area contributed by atoms with Crippen molar-refractivity contribution in [3.63, 3.8) is 0 Å². The quantitative estimate of drug-likeness (QED) is 0.321. The molecular formula is C31H44N8O3S. The van der Waals surface area contributed by atoms with Crippen molar-refractivity contribution < 1.29 is 14.7 Å². The van der Waals surface area contributed by atoms with E-state index in [1.807, 2.05) is 33.2 Å². The number of benzene rings is 1. The number of likely N-dealkylation sites (tertiary alicyclic amines) is 1. The van der Waals surface area contributed by atoms with Crippen molar-refractivity contribution in [1.29, 1.82) is 0 Å². The van der Waals surface area contributed by atoms with Gasteiger partial charge in [-0.2, -0.15) is 0 Å². The van der Waals surface area contributed by atoms with Crippen LogP contribution in [0.4, 0.5) is 0 Å². The predicted molar refractivity (Wildman–Crippen MR) is 167 cm³/mol. The molecule has 2 fully saturated rings. The second-order valence-corrected chi connectivity index (χ2v) is 13.1. The number of aryl methyl sites for hydroxylation is 3. The second-order valence-electron chi connectivity index (χ2n) is 12.2. The number of rotatable bonds is 10. The Morgan fingerprint density at radius 2 is 1.95 bits per heavy atom. The molecule has 0 unspecified atom stereocenters. The van der Waals surface area contributed by atoms with Gasteiger partial charge in [0.25, 0.3) is 0 Å². The highest BCUT2D eigenvalue weighted by Gasteiger charge is 2.43. The largest absolute Gasteiger partial charge is 0.391 e. The van der Waals surface area contributed by atoms with Crippen LogP contribution in [0.5, 0.6) is 0 Å². The van der Waals surface area contributed by atoms with Gasteiger partial charge in [0, 0.05) is 51.9 Å². The Morgan fingerprint density at radius 1 is 1.19 bits per heavy atom. The summed E-state index contributed by atoms with van der Waals surface area (Å²) >= 11 is 1.62. The van der Waals surface area contributed by atoms with Crippen LogP contribution in [0.15, 0.2) is 29.9 Å². The Bertz CT molecular complexity index is 1420. The second kappa shape index (κ2) is 13.6. The molecule has 4 heterocycles. The summed E-state index contributed by atoms with van der Waals surface area (Å²) in [6.45, 7) is 14.6. The number of β-amino-alcohol motifs (C(OH)–C–C–N with tert-alkyl or cyclic N) is 1. The Balaban J connectivity index is 1.38. The average Bonchev–Trinajstić information content (AvgIpc) is 3.71. The highest BCUT2D eigenvalue weighted by atomic mass is 32.1. The molecule has 3 N–H and O–H groups in total. The summed E-state index contributed by atoms with van der Waals surface area (Å²) in [6.07, 6.45) is 1.91. The number of hydrogen-bond acceptors (Lipinski definition) is 9. The third-order valence-electron chi connectivity index (χ3n) is 8.57. The van der Waals surface area contributed by atoms with Gasteiger partial charge >= 0.3 is 0 Å². The summed E-state index contributed by atoms with van der Waals surface area (Å²) in [6, 6.07) is 4.76. The van der Waals surface area contributed by atoms with Crippen LogP contribution in [0.1, 0.15) is 61.3 Å². The number of nitrogens with zero attached hydrogens (tertiary/aromatic N) is 6. The molecule has 2 saturated heterocycles. The summed E-state index contributed by atoms with van der Waals surface area (Å²) in [5, 5.41) is 25.6. The molecule has 5 rings (SSSR count). The SMILES string of the molecule is Cc1cn([C@H](C(=O)N2C[C@H](O)C[C@H]2C(=O)N[C@@H](CCN2CCNCC2)c2ccc(-c3scnc3C)cc2C)C(C)C)nn1. The molecule has 12 heteroatoms. The number of aromatic nitrogens is 4. The minimum atomic E-state index is -0.770. The van der Waals surface area contributed by atoms with Gasteiger partial charge in [-0.15, -0.1) is 16.4 Å². The van der Waals surface area contributed by atoms with Gasteiger partial charge < -0.3 is 25.5 Å². The molecule has 2 aliphatic heterocycles. The van der Waals surface area contributed by atoms with E-state index in [4.69, 9.17) is 0 Å².